The summed E-state index contributed by atoms with van der Waals surface area (Å²) in [6.45, 7) is 4.37. The molecule has 1 aromatic rings. The van der Waals surface area contributed by atoms with Gasteiger partial charge in [-0.2, -0.15) is 0 Å². The van der Waals surface area contributed by atoms with Gasteiger partial charge < -0.3 is 15.0 Å². The van der Waals surface area contributed by atoms with Crippen LogP contribution in [0.15, 0.2) is 18.2 Å². The second-order valence-electron chi connectivity index (χ2n) is 7.80. The Balaban J connectivity index is 1.37. The zero-order chi connectivity index (χ0) is 21.0. The number of hydrogen-bond donors (Lipinski definition) is 2. The number of anilines is 1. The quantitative estimate of drug-likeness (QED) is 0.736. The van der Waals surface area contributed by atoms with Crippen molar-refractivity contribution in [2.75, 3.05) is 25.0 Å². The molecule has 0 aromatic heterocycles. The van der Waals surface area contributed by atoms with Crippen molar-refractivity contribution in [3.63, 3.8) is 0 Å². The molecular formula is C21H27N3O5. The van der Waals surface area contributed by atoms with Gasteiger partial charge in [0.25, 0.3) is 5.91 Å². The first-order valence-electron chi connectivity index (χ1n) is 9.97. The lowest BCUT2D eigenvalue weighted by atomic mass is 9.97. The van der Waals surface area contributed by atoms with Gasteiger partial charge in [0.2, 0.25) is 5.91 Å². The molecule has 2 aliphatic rings. The monoisotopic (exact) mass is 401 g/mol. The highest BCUT2D eigenvalue weighted by atomic mass is 16.5. The second-order valence-corrected chi connectivity index (χ2v) is 7.80. The van der Waals surface area contributed by atoms with E-state index in [1.165, 1.54) is 0 Å². The molecule has 3 rings (SSSR count). The lowest BCUT2D eigenvalue weighted by molar-refractivity contribution is -0.154. The summed E-state index contributed by atoms with van der Waals surface area (Å²) < 4.78 is 5.05. The normalized spacial score (nSPS) is 16.8. The van der Waals surface area contributed by atoms with E-state index < -0.39 is 24.5 Å². The minimum absolute atomic E-state index is 0.178. The van der Waals surface area contributed by atoms with Crippen molar-refractivity contribution >= 4 is 29.5 Å². The fraction of sp³-hybridized carbons (Fsp3) is 0.524. The van der Waals surface area contributed by atoms with E-state index in [2.05, 4.69) is 10.6 Å². The van der Waals surface area contributed by atoms with Crippen LogP contribution >= 0.6 is 0 Å². The van der Waals surface area contributed by atoms with Gasteiger partial charge in [-0.05, 0) is 51.2 Å². The van der Waals surface area contributed by atoms with E-state index in [1.807, 2.05) is 30.9 Å². The SMILES string of the molecule is Cc1ccc(NC(=O)NC(=O)COC(=O)C2CCN(C(=O)C3CC3)CC2)c(C)c1. The molecule has 1 aliphatic carbocycles. The minimum atomic E-state index is -0.693. The molecule has 1 saturated carbocycles. The van der Waals surface area contributed by atoms with Crippen LogP contribution in [0.2, 0.25) is 0 Å². The largest absolute Gasteiger partial charge is 0.455 e. The van der Waals surface area contributed by atoms with Crippen LogP contribution in [-0.4, -0.2) is 48.4 Å². The van der Waals surface area contributed by atoms with Crippen LogP contribution in [0.25, 0.3) is 0 Å². The molecule has 156 valence electrons. The summed E-state index contributed by atoms with van der Waals surface area (Å²) in [5, 5.41) is 4.75. The number of esters is 1. The lowest BCUT2D eigenvalue weighted by Gasteiger charge is -2.31. The number of nitrogens with zero attached hydrogens (tertiary/aromatic N) is 1. The molecule has 0 radical (unpaired) electrons. The van der Waals surface area contributed by atoms with Gasteiger partial charge in [0.1, 0.15) is 0 Å². The summed E-state index contributed by atoms with van der Waals surface area (Å²) in [6, 6.07) is 4.86. The van der Waals surface area contributed by atoms with Crippen molar-refractivity contribution in [1.82, 2.24) is 10.2 Å². The summed E-state index contributed by atoms with van der Waals surface area (Å²) in [5.74, 6) is -1.12. The maximum atomic E-state index is 12.2. The number of imide groups is 1. The Kier molecular flexibility index (Phi) is 6.51. The third kappa shape index (κ3) is 5.79. The number of likely N-dealkylation sites (tertiary alicyclic amines) is 1. The van der Waals surface area contributed by atoms with Crippen molar-refractivity contribution in [2.45, 2.75) is 39.5 Å². The maximum Gasteiger partial charge on any atom is 0.325 e. The predicted octanol–water partition coefficient (Wildman–Crippen LogP) is 2.14. The van der Waals surface area contributed by atoms with Gasteiger partial charge in [-0.15, -0.1) is 0 Å². The Labute approximate surface area is 170 Å². The lowest BCUT2D eigenvalue weighted by Crippen LogP contribution is -2.42. The highest BCUT2D eigenvalue weighted by Crippen LogP contribution is 2.32. The summed E-state index contributed by atoms with van der Waals surface area (Å²) in [4.78, 5) is 49.9. The number of aryl methyl sites for hydroxylation is 2. The van der Waals surface area contributed by atoms with Gasteiger partial charge in [0.05, 0.1) is 5.92 Å². The van der Waals surface area contributed by atoms with Crippen LogP contribution in [0.1, 0.15) is 36.8 Å². The number of hydrogen-bond acceptors (Lipinski definition) is 5. The number of ether oxygens (including phenoxy) is 1. The number of carbonyl (C=O) groups excluding carboxylic acids is 4. The highest BCUT2D eigenvalue weighted by Gasteiger charge is 2.36. The van der Waals surface area contributed by atoms with Crippen LogP contribution < -0.4 is 10.6 Å². The predicted molar refractivity (Wildman–Crippen MR) is 106 cm³/mol. The molecule has 0 unspecified atom stereocenters. The van der Waals surface area contributed by atoms with E-state index in [0.29, 0.717) is 31.6 Å². The number of piperidine rings is 1. The van der Waals surface area contributed by atoms with Crippen molar-refractivity contribution < 1.29 is 23.9 Å². The van der Waals surface area contributed by atoms with Gasteiger partial charge in [0.15, 0.2) is 6.61 Å². The summed E-state index contributed by atoms with van der Waals surface area (Å²) >= 11 is 0. The van der Waals surface area contributed by atoms with Gasteiger partial charge in [-0.3, -0.25) is 19.7 Å². The van der Waals surface area contributed by atoms with Crippen LogP contribution in [0.4, 0.5) is 10.5 Å². The zero-order valence-corrected chi connectivity index (χ0v) is 16.8. The Hall–Kier alpha value is -2.90. The fourth-order valence-corrected chi connectivity index (χ4v) is 3.45. The van der Waals surface area contributed by atoms with Crippen molar-refractivity contribution in [1.29, 1.82) is 0 Å². The fourth-order valence-electron chi connectivity index (χ4n) is 3.45. The van der Waals surface area contributed by atoms with Gasteiger partial charge in [-0.1, -0.05) is 17.7 Å². The smallest absolute Gasteiger partial charge is 0.325 e. The Bertz CT molecular complexity index is 811. The van der Waals surface area contributed by atoms with E-state index in [9.17, 15) is 19.2 Å². The second kappa shape index (κ2) is 9.07. The molecular weight excluding hydrogens is 374 g/mol. The van der Waals surface area contributed by atoms with Gasteiger partial charge >= 0.3 is 12.0 Å². The van der Waals surface area contributed by atoms with Gasteiger partial charge in [0, 0.05) is 24.7 Å². The molecule has 0 atom stereocenters. The van der Waals surface area contributed by atoms with Crippen molar-refractivity contribution in [3.05, 3.63) is 29.3 Å². The van der Waals surface area contributed by atoms with Crippen molar-refractivity contribution in [3.8, 4) is 0 Å². The number of rotatable bonds is 5. The maximum absolute atomic E-state index is 12.2. The molecule has 1 heterocycles. The molecule has 29 heavy (non-hydrogen) atoms. The molecule has 1 saturated heterocycles. The van der Waals surface area contributed by atoms with Crippen LogP contribution in [0.3, 0.4) is 0 Å². The van der Waals surface area contributed by atoms with Crippen LogP contribution in [0.5, 0.6) is 0 Å². The molecule has 2 N–H and O–H groups in total. The standard InChI is InChI=1S/C21H27N3O5/c1-13-3-6-17(14(2)11-13)22-21(28)23-18(25)12-29-20(27)16-7-9-24(10-8-16)19(26)15-4-5-15/h3,6,11,15-16H,4-5,7-10,12H2,1-2H3,(H2,22,23,25,28). The van der Waals surface area contributed by atoms with E-state index in [1.54, 1.807) is 6.07 Å². The minimum Gasteiger partial charge on any atom is -0.455 e. The van der Waals surface area contributed by atoms with E-state index in [0.717, 1.165) is 24.0 Å². The average molecular weight is 401 g/mol. The Morgan fingerprint density at radius 1 is 1.03 bits per heavy atom. The first-order valence-corrected chi connectivity index (χ1v) is 9.97. The third-order valence-electron chi connectivity index (χ3n) is 5.30. The first-order chi connectivity index (χ1) is 13.8. The molecule has 1 aromatic carbocycles. The summed E-state index contributed by atoms with van der Waals surface area (Å²) in [6.07, 6.45) is 3.00. The molecule has 2 fully saturated rings. The molecule has 8 nitrogen and oxygen atoms in total. The van der Waals surface area contributed by atoms with E-state index in [4.69, 9.17) is 4.74 Å². The van der Waals surface area contributed by atoms with Crippen molar-refractivity contribution in [2.24, 2.45) is 11.8 Å². The number of urea groups is 1. The van der Waals surface area contributed by atoms with E-state index >= 15 is 0 Å². The first kappa shape index (κ1) is 20.8. The number of nitrogens with one attached hydrogen (secondary N) is 2. The molecule has 1 aliphatic heterocycles. The van der Waals surface area contributed by atoms with Crippen LogP contribution in [-0.2, 0) is 19.1 Å². The number of carbonyl (C=O) groups is 4. The number of benzene rings is 1. The Morgan fingerprint density at radius 2 is 1.72 bits per heavy atom. The number of amides is 4. The topological polar surface area (TPSA) is 105 Å². The third-order valence-corrected chi connectivity index (χ3v) is 5.30. The highest BCUT2D eigenvalue weighted by molar-refractivity contribution is 6.02. The van der Waals surface area contributed by atoms with Gasteiger partial charge in [-0.25, -0.2) is 4.79 Å². The van der Waals surface area contributed by atoms with Crippen LogP contribution in [0, 0.1) is 25.7 Å². The Morgan fingerprint density at radius 3 is 2.34 bits per heavy atom. The summed E-state index contributed by atoms with van der Waals surface area (Å²) in [5.41, 5.74) is 2.55. The molecule has 0 bridgehead atoms. The molecule has 0 spiro atoms. The average Bonchev–Trinajstić information content (AvgIpc) is 3.53. The summed E-state index contributed by atoms with van der Waals surface area (Å²) in [7, 11) is 0. The molecule has 4 amide bonds. The van der Waals surface area contributed by atoms with E-state index in [-0.39, 0.29) is 17.7 Å². The molecule has 8 heteroatoms. The zero-order valence-electron chi connectivity index (χ0n) is 16.8.